The highest BCUT2D eigenvalue weighted by molar-refractivity contribution is 5.62. The number of nitriles is 1. The molecule has 0 bridgehead atoms. The van der Waals surface area contributed by atoms with Crippen LogP contribution in [0.25, 0.3) is 5.57 Å². The second kappa shape index (κ2) is 3.19. The van der Waals surface area contributed by atoms with Crippen LogP contribution >= 0.6 is 0 Å². The van der Waals surface area contributed by atoms with Crippen LogP contribution < -0.4 is 0 Å². The third-order valence-corrected chi connectivity index (χ3v) is 1.58. The molecule has 0 aliphatic carbocycles. The highest BCUT2D eigenvalue weighted by Gasteiger charge is 2.01. The molecule has 0 aromatic heterocycles. The Balaban J connectivity index is 3.25. The van der Waals surface area contributed by atoms with Crippen LogP contribution in [0.2, 0.25) is 0 Å². The van der Waals surface area contributed by atoms with Gasteiger partial charge in [-0.05, 0) is 24.6 Å². The molecule has 0 amide bonds. The highest BCUT2D eigenvalue weighted by Crippen LogP contribution is 2.15. The normalized spacial score (nSPS) is 9.08. The second-order valence-electron chi connectivity index (χ2n) is 2.59. The van der Waals surface area contributed by atoms with Gasteiger partial charge in [0.25, 0.3) is 0 Å². The summed E-state index contributed by atoms with van der Waals surface area (Å²) < 4.78 is 12.8. The molecule has 12 heavy (non-hydrogen) atoms. The topological polar surface area (TPSA) is 23.8 Å². The summed E-state index contributed by atoms with van der Waals surface area (Å²) in [5, 5.41) is 8.50. The summed E-state index contributed by atoms with van der Waals surface area (Å²) in [5.41, 5.74) is 1.69. The van der Waals surface area contributed by atoms with Crippen LogP contribution in [-0.2, 0) is 0 Å². The predicted molar refractivity (Wildman–Crippen MR) is 45.8 cm³/mol. The molecule has 0 atom stereocenters. The SMILES string of the molecule is C=C(C)c1ccc(F)c(C#N)c1. The zero-order valence-corrected chi connectivity index (χ0v) is 6.76. The van der Waals surface area contributed by atoms with Crippen molar-refractivity contribution in [2.24, 2.45) is 0 Å². The first-order valence-electron chi connectivity index (χ1n) is 3.50. The summed E-state index contributed by atoms with van der Waals surface area (Å²) in [4.78, 5) is 0. The molecule has 1 aromatic carbocycles. The van der Waals surface area contributed by atoms with E-state index >= 15 is 0 Å². The van der Waals surface area contributed by atoms with E-state index in [2.05, 4.69) is 6.58 Å². The molecule has 1 rings (SSSR count). The molecule has 2 heteroatoms. The molecule has 1 aromatic rings. The number of hydrogen-bond acceptors (Lipinski definition) is 1. The average molecular weight is 161 g/mol. The molecule has 0 aliphatic heterocycles. The minimum atomic E-state index is -0.484. The Morgan fingerprint density at radius 1 is 1.58 bits per heavy atom. The van der Waals surface area contributed by atoms with Crippen LogP contribution in [0, 0.1) is 17.1 Å². The first kappa shape index (κ1) is 8.48. The van der Waals surface area contributed by atoms with Gasteiger partial charge >= 0.3 is 0 Å². The Bertz CT molecular complexity index is 361. The van der Waals surface area contributed by atoms with E-state index in [9.17, 15) is 4.39 Å². The summed E-state index contributed by atoms with van der Waals surface area (Å²) in [5.74, 6) is -0.484. The fraction of sp³-hybridized carbons (Fsp3) is 0.100. The van der Waals surface area contributed by atoms with Gasteiger partial charge in [0.1, 0.15) is 11.9 Å². The van der Waals surface area contributed by atoms with Crippen molar-refractivity contribution < 1.29 is 4.39 Å². The number of rotatable bonds is 1. The van der Waals surface area contributed by atoms with Crippen molar-refractivity contribution in [2.45, 2.75) is 6.92 Å². The lowest BCUT2D eigenvalue weighted by atomic mass is 10.1. The summed E-state index contributed by atoms with van der Waals surface area (Å²) in [7, 11) is 0. The number of nitrogens with zero attached hydrogens (tertiary/aromatic N) is 1. The van der Waals surface area contributed by atoms with Crippen LogP contribution in [0.3, 0.4) is 0 Å². The largest absolute Gasteiger partial charge is 0.206 e. The monoisotopic (exact) mass is 161 g/mol. The van der Waals surface area contributed by atoms with E-state index in [0.717, 1.165) is 11.1 Å². The summed E-state index contributed by atoms with van der Waals surface area (Å²) >= 11 is 0. The number of halogens is 1. The van der Waals surface area contributed by atoms with E-state index in [4.69, 9.17) is 5.26 Å². The van der Waals surface area contributed by atoms with Crippen molar-refractivity contribution in [3.63, 3.8) is 0 Å². The van der Waals surface area contributed by atoms with Crippen molar-refractivity contribution in [3.05, 3.63) is 41.7 Å². The average Bonchev–Trinajstić information content (AvgIpc) is 2.05. The lowest BCUT2D eigenvalue weighted by Crippen LogP contribution is -1.85. The number of benzene rings is 1. The van der Waals surface area contributed by atoms with Crippen molar-refractivity contribution in [2.75, 3.05) is 0 Å². The van der Waals surface area contributed by atoms with Gasteiger partial charge in [-0.25, -0.2) is 4.39 Å². The second-order valence-corrected chi connectivity index (χ2v) is 2.59. The quantitative estimate of drug-likeness (QED) is 0.621. The van der Waals surface area contributed by atoms with Gasteiger partial charge in [-0.3, -0.25) is 0 Å². The van der Waals surface area contributed by atoms with E-state index in [1.54, 1.807) is 12.1 Å². The van der Waals surface area contributed by atoms with Gasteiger partial charge in [-0.1, -0.05) is 18.2 Å². The molecule has 0 saturated heterocycles. The maximum Gasteiger partial charge on any atom is 0.140 e. The molecule has 0 saturated carbocycles. The van der Waals surface area contributed by atoms with E-state index in [1.165, 1.54) is 12.1 Å². The summed E-state index contributed by atoms with van der Waals surface area (Å²) in [6.07, 6.45) is 0. The Kier molecular flexibility index (Phi) is 2.25. The lowest BCUT2D eigenvalue weighted by molar-refractivity contribution is 0.624. The molecule has 0 spiro atoms. The summed E-state index contributed by atoms with van der Waals surface area (Å²) in [6.45, 7) is 5.51. The predicted octanol–water partition coefficient (Wildman–Crippen LogP) is 2.73. The van der Waals surface area contributed by atoms with E-state index < -0.39 is 5.82 Å². The molecular weight excluding hydrogens is 153 g/mol. The molecule has 0 N–H and O–H groups in total. The Morgan fingerprint density at radius 3 is 2.75 bits per heavy atom. The van der Waals surface area contributed by atoms with Crippen LogP contribution in [0.15, 0.2) is 24.8 Å². The number of allylic oxidation sites excluding steroid dienone is 1. The van der Waals surface area contributed by atoms with Crippen molar-refractivity contribution in [1.29, 1.82) is 5.26 Å². The first-order chi connectivity index (χ1) is 5.65. The van der Waals surface area contributed by atoms with Crippen molar-refractivity contribution in [1.82, 2.24) is 0 Å². The molecule has 60 valence electrons. The van der Waals surface area contributed by atoms with Crippen LogP contribution in [0.4, 0.5) is 4.39 Å². The molecule has 1 nitrogen and oxygen atoms in total. The lowest BCUT2D eigenvalue weighted by Gasteiger charge is -1.99. The zero-order chi connectivity index (χ0) is 9.14. The molecule has 0 fully saturated rings. The van der Waals surface area contributed by atoms with Crippen LogP contribution in [0.1, 0.15) is 18.1 Å². The van der Waals surface area contributed by atoms with E-state index in [1.807, 2.05) is 6.92 Å². The van der Waals surface area contributed by atoms with E-state index in [0.29, 0.717) is 0 Å². The Hall–Kier alpha value is -1.62. The van der Waals surface area contributed by atoms with E-state index in [-0.39, 0.29) is 5.56 Å². The zero-order valence-electron chi connectivity index (χ0n) is 6.76. The minimum Gasteiger partial charge on any atom is -0.206 e. The standard InChI is InChI=1S/C10H8FN/c1-7(2)8-3-4-10(11)9(5-8)6-12/h3-5H,1H2,2H3. The molecule has 0 aliphatic rings. The van der Waals surface area contributed by atoms with Crippen LogP contribution in [0.5, 0.6) is 0 Å². The smallest absolute Gasteiger partial charge is 0.140 e. The van der Waals surface area contributed by atoms with Crippen LogP contribution in [-0.4, -0.2) is 0 Å². The van der Waals surface area contributed by atoms with Crippen molar-refractivity contribution in [3.8, 4) is 6.07 Å². The first-order valence-corrected chi connectivity index (χ1v) is 3.50. The highest BCUT2D eigenvalue weighted by atomic mass is 19.1. The van der Waals surface area contributed by atoms with Gasteiger partial charge in [0.2, 0.25) is 0 Å². The van der Waals surface area contributed by atoms with Gasteiger partial charge in [0.05, 0.1) is 5.56 Å². The minimum absolute atomic E-state index is 0.0653. The molecular formula is C10H8FN. The number of hydrogen-bond donors (Lipinski definition) is 0. The fourth-order valence-electron chi connectivity index (χ4n) is 0.876. The van der Waals surface area contributed by atoms with Gasteiger partial charge in [-0.15, -0.1) is 0 Å². The third kappa shape index (κ3) is 1.51. The maximum absolute atomic E-state index is 12.8. The maximum atomic E-state index is 12.8. The van der Waals surface area contributed by atoms with Gasteiger partial charge in [0, 0.05) is 0 Å². The van der Waals surface area contributed by atoms with Gasteiger partial charge in [0.15, 0.2) is 0 Å². The molecule has 0 radical (unpaired) electrons. The Labute approximate surface area is 70.8 Å². The van der Waals surface area contributed by atoms with Gasteiger partial charge < -0.3 is 0 Å². The van der Waals surface area contributed by atoms with Gasteiger partial charge in [-0.2, -0.15) is 5.26 Å². The molecule has 0 unspecified atom stereocenters. The summed E-state index contributed by atoms with van der Waals surface area (Å²) in [6, 6.07) is 6.16. The third-order valence-electron chi connectivity index (χ3n) is 1.58. The van der Waals surface area contributed by atoms with Crippen molar-refractivity contribution >= 4 is 5.57 Å². The fourth-order valence-corrected chi connectivity index (χ4v) is 0.876. The molecule has 0 heterocycles. The Morgan fingerprint density at radius 2 is 2.25 bits per heavy atom.